The zero-order chi connectivity index (χ0) is 18.1. The predicted octanol–water partition coefficient (Wildman–Crippen LogP) is 2.33. The summed E-state index contributed by atoms with van der Waals surface area (Å²) in [5, 5.41) is 20.9. The molecule has 0 aliphatic heterocycles. The molecule has 0 radical (unpaired) electrons. The largest absolute Gasteiger partial charge is 0.502 e. The van der Waals surface area contributed by atoms with E-state index in [1.54, 1.807) is 13.8 Å². The highest BCUT2D eigenvalue weighted by Gasteiger charge is 2.29. The average Bonchev–Trinajstić information content (AvgIpc) is 2.53. The molecule has 0 fully saturated rings. The van der Waals surface area contributed by atoms with E-state index in [-0.39, 0.29) is 18.7 Å². The summed E-state index contributed by atoms with van der Waals surface area (Å²) in [5.74, 6) is -1.17. The molecule has 0 aliphatic carbocycles. The number of phenols is 1. The highest BCUT2D eigenvalue weighted by atomic mass is 16.7. The van der Waals surface area contributed by atoms with Gasteiger partial charge in [0.25, 0.3) is 5.91 Å². The van der Waals surface area contributed by atoms with Crippen LogP contribution in [-0.4, -0.2) is 53.4 Å². The van der Waals surface area contributed by atoms with E-state index < -0.39 is 28.6 Å². The van der Waals surface area contributed by atoms with E-state index in [0.717, 1.165) is 6.07 Å². The number of benzene rings is 1. The van der Waals surface area contributed by atoms with Crippen LogP contribution in [0.1, 0.15) is 24.2 Å². The fourth-order valence-electron chi connectivity index (χ4n) is 2.17. The SMILES string of the molecule is C=CCN(CC(OCC)OCC)C(=O)c1cccc(O)c1[N+](=O)[O-]. The Morgan fingerprint density at radius 3 is 2.54 bits per heavy atom. The molecule has 1 aromatic carbocycles. The van der Waals surface area contributed by atoms with Gasteiger partial charge in [-0.1, -0.05) is 12.1 Å². The molecule has 0 bridgehead atoms. The van der Waals surface area contributed by atoms with E-state index in [1.807, 2.05) is 0 Å². The van der Waals surface area contributed by atoms with Crippen LogP contribution < -0.4 is 0 Å². The van der Waals surface area contributed by atoms with E-state index >= 15 is 0 Å². The minimum atomic E-state index is -0.781. The van der Waals surface area contributed by atoms with Crippen LogP contribution in [0.3, 0.4) is 0 Å². The van der Waals surface area contributed by atoms with Gasteiger partial charge in [-0.25, -0.2) is 0 Å². The first-order valence-electron chi connectivity index (χ1n) is 7.55. The van der Waals surface area contributed by atoms with E-state index in [0.29, 0.717) is 13.2 Å². The molecular weight excluding hydrogens is 316 g/mol. The van der Waals surface area contributed by atoms with Gasteiger partial charge in [0.1, 0.15) is 5.56 Å². The first-order valence-corrected chi connectivity index (χ1v) is 7.55. The zero-order valence-electron chi connectivity index (χ0n) is 13.8. The van der Waals surface area contributed by atoms with Crippen molar-refractivity contribution >= 4 is 11.6 Å². The molecule has 8 nitrogen and oxygen atoms in total. The fraction of sp³-hybridized carbons (Fsp3) is 0.438. The molecule has 1 rings (SSSR count). The van der Waals surface area contributed by atoms with Gasteiger partial charge in [0, 0.05) is 19.8 Å². The molecular formula is C16H22N2O6. The number of aromatic hydroxyl groups is 1. The number of nitro benzene ring substituents is 1. The van der Waals surface area contributed by atoms with Gasteiger partial charge < -0.3 is 19.5 Å². The topological polar surface area (TPSA) is 102 Å². The maximum absolute atomic E-state index is 12.7. The smallest absolute Gasteiger partial charge is 0.323 e. The standard InChI is InChI=1S/C16H22N2O6/c1-4-10-17(11-14(23-5-2)24-6-3)16(20)12-8-7-9-13(19)15(12)18(21)22/h4,7-9,14,19H,1,5-6,10-11H2,2-3H3. The van der Waals surface area contributed by atoms with Crippen LogP contribution >= 0.6 is 0 Å². The monoisotopic (exact) mass is 338 g/mol. The van der Waals surface area contributed by atoms with Gasteiger partial charge in [-0.3, -0.25) is 14.9 Å². The Kier molecular flexibility index (Phi) is 7.87. The van der Waals surface area contributed by atoms with Crippen LogP contribution in [0.2, 0.25) is 0 Å². The second-order valence-corrected chi connectivity index (χ2v) is 4.77. The van der Waals surface area contributed by atoms with Crippen molar-refractivity contribution in [3.05, 3.63) is 46.5 Å². The number of hydrogen-bond donors (Lipinski definition) is 1. The molecule has 0 spiro atoms. The molecule has 0 saturated carbocycles. The Balaban J connectivity index is 3.12. The molecule has 1 aromatic rings. The summed E-state index contributed by atoms with van der Waals surface area (Å²) in [5.41, 5.74) is -0.825. The summed E-state index contributed by atoms with van der Waals surface area (Å²) >= 11 is 0. The van der Waals surface area contributed by atoms with Crippen molar-refractivity contribution < 1.29 is 24.3 Å². The zero-order valence-corrected chi connectivity index (χ0v) is 13.8. The number of nitro groups is 1. The molecule has 0 atom stereocenters. The van der Waals surface area contributed by atoms with E-state index in [1.165, 1.54) is 23.1 Å². The summed E-state index contributed by atoms with van der Waals surface area (Å²) < 4.78 is 10.8. The fourth-order valence-corrected chi connectivity index (χ4v) is 2.17. The number of para-hydroxylation sites is 1. The number of carbonyl (C=O) groups is 1. The molecule has 1 amide bonds. The van der Waals surface area contributed by atoms with Crippen LogP contribution in [0.5, 0.6) is 5.75 Å². The summed E-state index contributed by atoms with van der Waals surface area (Å²) in [6.45, 7) is 8.22. The second kappa shape index (κ2) is 9.64. The van der Waals surface area contributed by atoms with Gasteiger partial charge >= 0.3 is 5.69 Å². The number of carbonyl (C=O) groups excluding carboxylic acids is 1. The van der Waals surface area contributed by atoms with Gasteiger partial charge in [0.15, 0.2) is 12.0 Å². The maximum atomic E-state index is 12.7. The third-order valence-electron chi connectivity index (χ3n) is 3.14. The van der Waals surface area contributed by atoms with Gasteiger partial charge in [0.2, 0.25) is 0 Å². The van der Waals surface area contributed by atoms with Gasteiger partial charge in [0.05, 0.1) is 11.5 Å². The molecule has 24 heavy (non-hydrogen) atoms. The molecule has 132 valence electrons. The predicted molar refractivity (Wildman–Crippen MR) is 87.9 cm³/mol. The number of nitrogens with zero attached hydrogens (tertiary/aromatic N) is 2. The molecule has 0 heterocycles. The van der Waals surface area contributed by atoms with Gasteiger partial charge in [-0.2, -0.15) is 0 Å². The molecule has 0 saturated heterocycles. The Morgan fingerprint density at radius 1 is 1.42 bits per heavy atom. The van der Waals surface area contributed by atoms with Crippen LogP contribution in [0.25, 0.3) is 0 Å². The lowest BCUT2D eigenvalue weighted by molar-refractivity contribution is -0.386. The summed E-state index contributed by atoms with van der Waals surface area (Å²) in [4.78, 5) is 24.4. The lowest BCUT2D eigenvalue weighted by atomic mass is 10.1. The van der Waals surface area contributed by atoms with Crippen molar-refractivity contribution in [2.75, 3.05) is 26.3 Å². The number of ether oxygens (including phenoxy) is 2. The number of phenolic OH excluding ortho intramolecular Hbond substituents is 1. The summed E-state index contributed by atoms with van der Waals surface area (Å²) in [7, 11) is 0. The molecule has 1 N–H and O–H groups in total. The van der Waals surface area contributed by atoms with Crippen LogP contribution in [0, 0.1) is 10.1 Å². The Morgan fingerprint density at radius 2 is 2.04 bits per heavy atom. The van der Waals surface area contributed by atoms with Crippen LogP contribution in [0.15, 0.2) is 30.9 Å². The van der Waals surface area contributed by atoms with E-state index in [9.17, 15) is 20.0 Å². The van der Waals surface area contributed by atoms with Gasteiger partial charge in [-0.05, 0) is 26.0 Å². The highest BCUT2D eigenvalue weighted by Crippen LogP contribution is 2.30. The van der Waals surface area contributed by atoms with Crippen molar-refractivity contribution in [1.82, 2.24) is 4.90 Å². The normalized spacial score (nSPS) is 10.6. The molecule has 0 aromatic heterocycles. The van der Waals surface area contributed by atoms with E-state index in [2.05, 4.69) is 6.58 Å². The van der Waals surface area contributed by atoms with Gasteiger partial charge in [-0.15, -0.1) is 6.58 Å². The molecule has 0 aliphatic rings. The van der Waals surface area contributed by atoms with E-state index in [4.69, 9.17) is 9.47 Å². The first kappa shape index (κ1) is 19.6. The third-order valence-corrected chi connectivity index (χ3v) is 3.14. The number of hydrogen-bond acceptors (Lipinski definition) is 6. The number of amides is 1. The minimum Gasteiger partial charge on any atom is -0.502 e. The molecule has 0 unspecified atom stereocenters. The second-order valence-electron chi connectivity index (χ2n) is 4.77. The van der Waals surface area contributed by atoms with Crippen LogP contribution in [0.4, 0.5) is 5.69 Å². The first-order chi connectivity index (χ1) is 11.5. The third kappa shape index (κ3) is 5.04. The van der Waals surface area contributed by atoms with Crippen molar-refractivity contribution in [1.29, 1.82) is 0 Å². The van der Waals surface area contributed by atoms with Crippen LogP contribution in [-0.2, 0) is 9.47 Å². The van der Waals surface area contributed by atoms with Crippen molar-refractivity contribution in [3.8, 4) is 5.75 Å². The number of rotatable bonds is 10. The maximum Gasteiger partial charge on any atom is 0.323 e. The molecule has 8 heteroatoms. The Hall–Kier alpha value is -2.45. The lowest BCUT2D eigenvalue weighted by Gasteiger charge is -2.26. The average molecular weight is 338 g/mol. The highest BCUT2D eigenvalue weighted by molar-refractivity contribution is 5.99. The van der Waals surface area contributed by atoms with Crippen molar-refractivity contribution in [3.63, 3.8) is 0 Å². The Labute approximate surface area is 140 Å². The quantitative estimate of drug-likeness (QED) is 0.304. The Bertz CT molecular complexity index is 584. The van der Waals surface area contributed by atoms with Crippen molar-refractivity contribution in [2.45, 2.75) is 20.1 Å². The summed E-state index contributed by atoms with van der Waals surface area (Å²) in [6.07, 6.45) is 0.849. The lowest BCUT2D eigenvalue weighted by Crippen LogP contribution is -2.40. The summed E-state index contributed by atoms with van der Waals surface area (Å²) in [6, 6.07) is 3.84. The minimum absolute atomic E-state index is 0.0827. The van der Waals surface area contributed by atoms with Crippen molar-refractivity contribution in [2.24, 2.45) is 0 Å².